The van der Waals surface area contributed by atoms with E-state index in [1.807, 2.05) is 19.1 Å². The summed E-state index contributed by atoms with van der Waals surface area (Å²) in [4.78, 5) is 0. The number of hydrogen-bond donors (Lipinski definition) is 2. The lowest BCUT2D eigenvalue weighted by molar-refractivity contribution is 0.246. The first-order valence-corrected chi connectivity index (χ1v) is 5.96. The van der Waals surface area contributed by atoms with Gasteiger partial charge in [-0.15, -0.1) is 0 Å². The van der Waals surface area contributed by atoms with Crippen molar-refractivity contribution in [2.24, 2.45) is 0 Å². The summed E-state index contributed by atoms with van der Waals surface area (Å²) in [7, 11) is 1.66. The van der Waals surface area contributed by atoms with E-state index in [9.17, 15) is 0 Å². The molecule has 1 aromatic rings. The summed E-state index contributed by atoms with van der Waals surface area (Å²) in [6.45, 7) is 6.77. The van der Waals surface area contributed by atoms with Gasteiger partial charge in [0.15, 0.2) is 0 Å². The molecule has 0 bridgehead atoms. The maximum atomic E-state index is 8.84. The standard InChI is InChI=1S/C13H20ClNO2/c1-9-5-10(14)6-11(12(9)17-4)13(2,3)7-15-8-16/h5-6,15-16H,7-8H2,1-4H3. The molecule has 0 radical (unpaired) electrons. The van der Waals surface area contributed by atoms with Crippen LogP contribution in [0.5, 0.6) is 5.75 Å². The number of aliphatic hydroxyl groups is 1. The summed E-state index contributed by atoms with van der Waals surface area (Å²) >= 11 is 6.09. The molecule has 0 aliphatic heterocycles. The molecule has 1 rings (SSSR count). The van der Waals surface area contributed by atoms with E-state index in [0.29, 0.717) is 11.6 Å². The Labute approximate surface area is 108 Å². The Hall–Kier alpha value is -0.770. The average Bonchev–Trinajstić information content (AvgIpc) is 2.25. The van der Waals surface area contributed by atoms with Crippen LogP contribution in [0.1, 0.15) is 25.0 Å². The molecule has 17 heavy (non-hydrogen) atoms. The van der Waals surface area contributed by atoms with Crippen molar-refractivity contribution in [2.45, 2.75) is 26.2 Å². The fourth-order valence-electron chi connectivity index (χ4n) is 1.97. The lowest BCUT2D eigenvalue weighted by atomic mass is 9.83. The van der Waals surface area contributed by atoms with Crippen LogP contribution >= 0.6 is 11.6 Å². The SMILES string of the molecule is COc1c(C)cc(Cl)cc1C(C)(C)CNCO. The van der Waals surface area contributed by atoms with E-state index in [-0.39, 0.29) is 12.1 Å². The van der Waals surface area contributed by atoms with Crippen LogP contribution in [0.4, 0.5) is 0 Å². The largest absolute Gasteiger partial charge is 0.496 e. The van der Waals surface area contributed by atoms with Crippen LogP contribution < -0.4 is 10.1 Å². The Morgan fingerprint density at radius 1 is 1.41 bits per heavy atom. The lowest BCUT2D eigenvalue weighted by Crippen LogP contribution is -2.33. The van der Waals surface area contributed by atoms with Crippen molar-refractivity contribution in [2.75, 3.05) is 20.4 Å². The molecule has 0 atom stereocenters. The second-order valence-electron chi connectivity index (χ2n) is 4.77. The van der Waals surface area contributed by atoms with Crippen LogP contribution in [0, 0.1) is 6.92 Å². The van der Waals surface area contributed by atoms with Crippen LogP contribution in [-0.4, -0.2) is 25.5 Å². The highest BCUT2D eigenvalue weighted by molar-refractivity contribution is 6.30. The van der Waals surface area contributed by atoms with Crippen molar-refractivity contribution in [3.8, 4) is 5.75 Å². The maximum absolute atomic E-state index is 8.84. The first-order chi connectivity index (χ1) is 7.92. The van der Waals surface area contributed by atoms with Gasteiger partial charge in [-0.3, -0.25) is 5.32 Å². The van der Waals surface area contributed by atoms with Gasteiger partial charge in [0.25, 0.3) is 0 Å². The second kappa shape index (κ2) is 5.71. The van der Waals surface area contributed by atoms with Gasteiger partial charge in [-0.2, -0.15) is 0 Å². The molecule has 96 valence electrons. The number of benzene rings is 1. The highest BCUT2D eigenvalue weighted by Crippen LogP contribution is 2.36. The summed E-state index contributed by atoms with van der Waals surface area (Å²) in [5, 5.41) is 12.5. The molecular weight excluding hydrogens is 238 g/mol. The molecule has 0 heterocycles. The van der Waals surface area contributed by atoms with Gasteiger partial charge in [0.05, 0.1) is 13.8 Å². The smallest absolute Gasteiger partial charge is 0.125 e. The van der Waals surface area contributed by atoms with Crippen LogP contribution in [0.2, 0.25) is 5.02 Å². The maximum Gasteiger partial charge on any atom is 0.125 e. The van der Waals surface area contributed by atoms with Gasteiger partial charge in [0.1, 0.15) is 5.75 Å². The number of nitrogens with one attached hydrogen (secondary N) is 1. The number of rotatable bonds is 5. The van der Waals surface area contributed by atoms with Crippen LogP contribution in [0.3, 0.4) is 0 Å². The Morgan fingerprint density at radius 3 is 2.59 bits per heavy atom. The monoisotopic (exact) mass is 257 g/mol. The molecule has 1 aromatic carbocycles. The summed E-state index contributed by atoms with van der Waals surface area (Å²) in [6.07, 6.45) is 0. The molecule has 0 aliphatic rings. The summed E-state index contributed by atoms with van der Waals surface area (Å²) < 4.78 is 5.45. The summed E-state index contributed by atoms with van der Waals surface area (Å²) in [5.74, 6) is 0.860. The van der Waals surface area contributed by atoms with Crippen LogP contribution in [-0.2, 0) is 5.41 Å². The minimum Gasteiger partial charge on any atom is -0.496 e. The number of aryl methyl sites for hydroxylation is 1. The van der Waals surface area contributed by atoms with E-state index in [1.54, 1.807) is 7.11 Å². The average molecular weight is 258 g/mol. The molecule has 0 fully saturated rings. The first kappa shape index (κ1) is 14.3. The van der Waals surface area contributed by atoms with Crippen molar-refractivity contribution in [1.82, 2.24) is 5.32 Å². The zero-order valence-electron chi connectivity index (χ0n) is 10.8. The van der Waals surface area contributed by atoms with Crippen molar-refractivity contribution in [1.29, 1.82) is 0 Å². The highest BCUT2D eigenvalue weighted by atomic mass is 35.5. The summed E-state index contributed by atoms with van der Waals surface area (Å²) in [5.41, 5.74) is 1.90. The number of aliphatic hydroxyl groups excluding tert-OH is 1. The molecule has 0 aliphatic carbocycles. The van der Waals surface area contributed by atoms with Crippen molar-refractivity contribution < 1.29 is 9.84 Å². The Bertz CT molecular complexity index is 391. The third kappa shape index (κ3) is 3.35. The Kier molecular flexibility index (Phi) is 4.80. The molecular formula is C13H20ClNO2. The molecule has 0 aromatic heterocycles. The van der Waals surface area contributed by atoms with Gasteiger partial charge in [0.2, 0.25) is 0 Å². The number of ether oxygens (including phenoxy) is 1. The van der Waals surface area contributed by atoms with Gasteiger partial charge in [0, 0.05) is 22.5 Å². The van der Waals surface area contributed by atoms with Gasteiger partial charge in [-0.05, 0) is 24.6 Å². The minimum absolute atomic E-state index is 0.0364. The molecule has 3 nitrogen and oxygen atoms in total. The molecule has 0 saturated heterocycles. The van der Waals surface area contributed by atoms with E-state index in [4.69, 9.17) is 21.4 Å². The van der Waals surface area contributed by atoms with E-state index >= 15 is 0 Å². The van der Waals surface area contributed by atoms with Crippen molar-refractivity contribution >= 4 is 11.6 Å². The topological polar surface area (TPSA) is 41.5 Å². The minimum atomic E-state index is -0.163. The number of hydrogen-bond acceptors (Lipinski definition) is 3. The fourth-order valence-corrected chi connectivity index (χ4v) is 2.24. The van der Waals surface area contributed by atoms with E-state index in [1.165, 1.54) is 0 Å². The third-order valence-electron chi connectivity index (χ3n) is 2.85. The lowest BCUT2D eigenvalue weighted by Gasteiger charge is -2.28. The van der Waals surface area contributed by atoms with Gasteiger partial charge in [-0.1, -0.05) is 25.4 Å². The quantitative estimate of drug-likeness (QED) is 0.797. The number of halogens is 1. The van der Waals surface area contributed by atoms with E-state index < -0.39 is 0 Å². The predicted molar refractivity (Wildman–Crippen MR) is 70.9 cm³/mol. The summed E-state index contributed by atoms with van der Waals surface area (Å²) in [6, 6.07) is 3.81. The molecule has 0 saturated carbocycles. The van der Waals surface area contributed by atoms with Gasteiger partial charge in [-0.25, -0.2) is 0 Å². The third-order valence-corrected chi connectivity index (χ3v) is 3.07. The highest BCUT2D eigenvalue weighted by Gasteiger charge is 2.25. The van der Waals surface area contributed by atoms with Crippen LogP contribution in [0.15, 0.2) is 12.1 Å². The zero-order valence-corrected chi connectivity index (χ0v) is 11.6. The zero-order chi connectivity index (χ0) is 13.1. The van der Waals surface area contributed by atoms with E-state index in [2.05, 4.69) is 19.2 Å². The Balaban J connectivity index is 3.18. The second-order valence-corrected chi connectivity index (χ2v) is 5.21. The predicted octanol–water partition coefficient (Wildman–Crippen LogP) is 2.47. The molecule has 0 unspecified atom stereocenters. The van der Waals surface area contributed by atoms with E-state index in [0.717, 1.165) is 16.9 Å². The molecule has 4 heteroatoms. The fraction of sp³-hybridized carbons (Fsp3) is 0.538. The van der Waals surface area contributed by atoms with Gasteiger partial charge >= 0.3 is 0 Å². The van der Waals surface area contributed by atoms with Crippen molar-refractivity contribution in [3.63, 3.8) is 0 Å². The van der Waals surface area contributed by atoms with Gasteiger partial charge < -0.3 is 9.84 Å². The molecule has 0 amide bonds. The first-order valence-electron chi connectivity index (χ1n) is 5.58. The van der Waals surface area contributed by atoms with Crippen LogP contribution in [0.25, 0.3) is 0 Å². The normalized spacial score (nSPS) is 11.6. The Morgan fingerprint density at radius 2 is 2.06 bits per heavy atom. The molecule has 2 N–H and O–H groups in total. The van der Waals surface area contributed by atoms with Crippen molar-refractivity contribution in [3.05, 3.63) is 28.3 Å². The number of methoxy groups -OCH3 is 1. The molecule has 0 spiro atoms.